The Morgan fingerprint density at radius 3 is 2.65 bits per heavy atom. The molecule has 2 aromatic carbocycles. The van der Waals surface area contributed by atoms with Crippen LogP contribution in [0, 0.1) is 5.82 Å². The van der Waals surface area contributed by atoms with E-state index >= 15 is 0 Å². The Morgan fingerprint density at radius 1 is 1.20 bits per heavy atom. The van der Waals surface area contributed by atoms with E-state index in [0.29, 0.717) is 26.9 Å². The number of rotatable bonds is 4. The summed E-state index contributed by atoms with van der Waals surface area (Å²) in [6.07, 6.45) is 0. The van der Waals surface area contributed by atoms with Gasteiger partial charge in [0.1, 0.15) is 23.2 Å². The lowest BCUT2D eigenvalue weighted by Crippen LogP contribution is -2.14. The molecule has 0 aliphatic heterocycles. The summed E-state index contributed by atoms with van der Waals surface area (Å²) in [6.45, 7) is 0.0878. The Labute approximate surface area is 131 Å². The number of ether oxygens (including phenoxy) is 1. The minimum atomic E-state index is -0.388. The van der Waals surface area contributed by atoms with Crippen LogP contribution in [0.1, 0.15) is 11.1 Å². The van der Waals surface area contributed by atoms with Crippen molar-refractivity contribution in [2.75, 3.05) is 0 Å². The first-order valence-electron chi connectivity index (χ1n) is 5.63. The van der Waals surface area contributed by atoms with E-state index < -0.39 is 0 Å². The molecule has 20 heavy (non-hydrogen) atoms. The zero-order valence-corrected chi connectivity index (χ0v) is 12.5. The van der Waals surface area contributed by atoms with Gasteiger partial charge in [-0.3, -0.25) is 0 Å². The van der Waals surface area contributed by atoms with Gasteiger partial charge in [0.05, 0.1) is 5.02 Å². The molecule has 0 unspecified atom stereocenters. The smallest absolute Gasteiger partial charge is 0.139 e. The van der Waals surface area contributed by atoms with Crippen molar-refractivity contribution >= 4 is 40.4 Å². The van der Waals surface area contributed by atoms with E-state index in [1.165, 1.54) is 18.2 Å². The molecule has 0 atom stereocenters. The van der Waals surface area contributed by atoms with E-state index in [2.05, 4.69) is 0 Å². The highest BCUT2D eigenvalue weighted by Crippen LogP contribution is 2.28. The molecule has 0 saturated heterocycles. The third kappa shape index (κ3) is 3.60. The largest absolute Gasteiger partial charge is 0.487 e. The molecule has 0 saturated carbocycles. The summed E-state index contributed by atoms with van der Waals surface area (Å²) >= 11 is 16.8. The van der Waals surface area contributed by atoms with Crippen LogP contribution >= 0.6 is 35.4 Å². The van der Waals surface area contributed by atoms with Crippen LogP contribution in [0.3, 0.4) is 0 Å². The SMILES string of the molecule is NC(=S)c1ccc(F)cc1COc1cc(Cl)ccc1Cl. The summed E-state index contributed by atoms with van der Waals surface area (Å²) in [5.74, 6) is 0.0260. The lowest BCUT2D eigenvalue weighted by Gasteiger charge is -2.11. The van der Waals surface area contributed by atoms with Gasteiger partial charge in [-0.1, -0.05) is 35.4 Å². The first kappa shape index (κ1) is 15.0. The van der Waals surface area contributed by atoms with Crippen molar-refractivity contribution in [2.24, 2.45) is 5.73 Å². The van der Waals surface area contributed by atoms with Gasteiger partial charge in [0.15, 0.2) is 0 Å². The number of nitrogens with two attached hydrogens (primary N) is 1. The zero-order valence-electron chi connectivity index (χ0n) is 10.2. The van der Waals surface area contributed by atoms with E-state index in [1.807, 2.05) is 0 Å². The zero-order chi connectivity index (χ0) is 14.7. The van der Waals surface area contributed by atoms with Gasteiger partial charge in [0.25, 0.3) is 0 Å². The fraction of sp³-hybridized carbons (Fsp3) is 0.0714. The summed E-state index contributed by atoms with van der Waals surface area (Å²) < 4.78 is 18.8. The number of thiocarbonyl (C=S) groups is 1. The summed E-state index contributed by atoms with van der Waals surface area (Å²) in [5.41, 5.74) is 6.71. The average Bonchev–Trinajstić information content (AvgIpc) is 2.39. The van der Waals surface area contributed by atoms with Crippen molar-refractivity contribution in [1.82, 2.24) is 0 Å². The van der Waals surface area contributed by atoms with Crippen LogP contribution in [-0.2, 0) is 6.61 Å². The molecule has 0 amide bonds. The molecule has 0 aliphatic rings. The van der Waals surface area contributed by atoms with Crippen molar-refractivity contribution in [3.05, 3.63) is 63.4 Å². The predicted octanol–water partition coefficient (Wildman–Crippen LogP) is 4.35. The third-order valence-corrected chi connectivity index (χ3v) is 3.38. The van der Waals surface area contributed by atoms with Crippen molar-refractivity contribution in [3.8, 4) is 5.75 Å². The van der Waals surface area contributed by atoms with E-state index in [0.717, 1.165) is 0 Å². The van der Waals surface area contributed by atoms with Crippen LogP contribution < -0.4 is 10.5 Å². The molecule has 2 rings (SSSR count). The topological polar surface area (TPSA) is 35.2 Å². The lowest BCUT2D eigenvalue weighted by molar-refractivity contribution is 0.305. The summed E-state index contributed by atoms with van der Waals surface area (Å²) in [7, 11) is 0. The van der Waals surface area contributed by atoms with E-state index in [1.54, 1.807) is 18.2 Å². The molecular weight excluding hydrogens is 320 g/mol. The van der Waals surface area contributed by atoms with Crippen molar-refractivity contribution in [3.63, 3.8) is 0 Å². The monoisotopic (exact) mass is 329 g/mol. The fourth-order valence-corrected chi connectivity index (χ4v) is 2.20. The molecule has 0 radical (unpaired) electrons. The predicted molar refractivity (Wildman–Crippen MR) is 83.1 cm³/mol. The molecule has 0 fully saturated rings. The van der Waals surface area contributed by atoms with Crippen molar-refractivity contribution in [1.29, 1.82) is 0 Å². The molecule has 104 valence electrons. The quantitative estimate of drug-likeness (QED) is 0.847. The van der Waals surface area contributed by atoms with Crippen LogP contribution in [0.15, 0.2) is 36.4 Å². The highest BCUT2D eigenvalue weighted by Gasteiger charge is 2.09. The molecule has 0 aliphatic carbocycles. The van der Waals surface area contributed by atoms with Crippen LogP contribution in [0.25, 0.3) is 0 Å². The number of hydrogen-bond acceptors (Lipinski definition) is 2. The molecule has 0 spiro atoms. The Balaban J connectivity index is 2.24. The first-order valence-corrected chi connectivity index (χ1v) is 6.80. The van der Waals surface area contributed by atoms with Crippen LogP contribution in [-0.4, -0.2) is 4.99 Å². The van der Waals surface area contributed by atoms with Crippen LogP contribution in [0.2, 0.25) is 10.0 Å². The third-order valence-electron chi connectivity index (χ3n) is 2.61. The molecular formula is C14H10Cl2FNOS. The molecule has 2 nitrogen and oxygen atoms in total. The van der Waals surface area contributed by atoms with Gasteiger partial charge in [-0.25, -0.2) is 4.39 Å². The molecule has 6 heteroatoms. The van der Waals surface area contributed by atoms with Gasteiger partial charge in [-0.2, -0.15) is 0 Å². The van der Waals surface area contributed by atoms with Gasteiger partial charge in [-0.05, 0) is 30.3 Å². The van der Waals surface area contributed by atoms with E-state index in [9.17, 15) is 4.39 Å². The summed E-state index contributed by atoms with van der Waals surface area (Å²) in [6, 6.07) is 9.01. The van der Waals surface area contributed by atoms with Crippen LogP contribution in [0.4, 0.5) is 4.39 Å². The highest BCUT2D eigenvalue weighted by molar-refractivity contribution is 7.80. The summed E-state index contributed by atoms with van der Waals surface area (Å²) in [5, 5.41) is 0.917. The van der Waals surface area contributed by atoms with Gasteiger partial charge in [-0.15, -0.1) is 0 Å². The Morgan fingerprint density at radius 2 is 1.95 bits per heavy atom. The lowest BCUT2D eigenvalue weighted by atomic mass is 10.1. The maximum Gasteiger partial charge on any atom is 0.139 e. The highest BCUT2D eigenvalue weighted by atomic mass is 35.5. The van der Waals surface area contributed by atoms with Crippen molar-refractivity contribution in [2.45, 2.75) is 6.61 Å². The molecule has 2 aromatic rings. The molecule has 2 N–H and O–H groups in total. The van der Waals surface area contributed by atoms with Gasteiger partial charge < -0.3 is 10.5 Å². The minimum absolute atomic E-state index is 0.0878. The number of halogens is 3. The maximum atomic E-state index is 13.3. The Bertz CT molecular complexity index is 664. The fourth-order valence-electron chi connectivity index (χ4n) is 1.67. The van der Waals surface area contributed by atoms with Gasteiger partial charge >= 0.3 is 0 Å². The average molecular weight is 330 g/mol. The molecule has 0 aromatic heterocycles. The molecule has 0 bridgehead atoms. The van der Waals surface area contributed by atoms with Gasteiger partial charge in [0.2, 0.25) is 0 Å². The Hall–Kier alpha value is -1.36. The first-order chi connectivity index (χ1) is 9.47. The minimum Gasteiger partial charge on any atom is -0.487 e. The van der Waals surface area contributed by atoms with E-state index in [-0.39, 0.29) is 17.4 Å². The van der Waals surface area contributed by atoms with E-state index in [4.69, 9.17) is 45.9 Å². The molecule has 0 heterocycles. The number of benzene rings is 2. The van der Waals surface area contributed by atoms with Crippen molar-refractivity contribution < 1.29 is 9.13 Å². The van der Waals surface area contributed by atoms with Crippen LogP contribution in [0.5, 0.6) is 5.75 Å². The maximum absolute atomic E-state index is 13.3. The summed E-state index contributed by atoms with van der Waals surface area (Å²) in [4.78, 5) is 0.181. The number of hydrogen-bond donors (Lipinski definition) is 1. The Kier molecular flexibility index (Phi) is 4.81. The standard InChI is InChI=1S/C14H10Cl2FNOS/c15-9-1-4-12(16)13(6-9)19-7-8-5-10(17)2-3-11(8)14(18)20/h1-6H,7H2,(H2,18,20). The second kappa shape index (κ2) is 6.39. The normalized spacial score (nSPS) is 10.3. The second-order valence-corrected chi connectivity index (χ2v) is 5.31. The second-order valence-electron chi connectivity index (χ2n) is 4.03. The van der Waals surface area contributed by atoms with Gasteiger partial charge in [0, 0.05) is 22.2 Å².